The minimum Gasteiger partial charge on any atom is -0.493 e. The highest BCUT2D eigenvalue weighted by Gasteiger charge is 2.24. The lowest BCUT2D eigenvalue weighted by Gasteiger charge is -2.14. The molecule has 152 valence electrons. The summed E-state index contributed by atoms with van der Waals surface area (Å²) in [5, 5.41) is 3.11. The molecule has 0 radical (unpaired) electrons. The first-order valence-electron chi connectivity index (χ1n) is 8.76. The van der Waals surface area contributed by atoms with Crippen LogP contribution in [0.25, 0.3) is 11.0 Å². The summed E-state index contributed by atoms with van der Waals surface area (Å²) in [6, 6.07) is 8.80. The van der Waals surface area contributed by atoms with Crippen LogP contribution in [-0.2, 0) is 9.53 Å². The number of aryl methyl sites for hydroxylation is 1. The van der Waals surface area contributed by atoms with Crippen LogP contribution in [0.2, 0.25) is 0 Å². The van der Waals surface area contributed by atoms with Gasteiger partial charge in [0, 0.05) is 22.7 Å². The Morgan fingerprint density at radius 1 is 1.07 bits per heavy atom. The van der Waals surface area contributed by atoms with Gasteiger partial charge in [0.05, 0.1) is 14.2 Å². The second-order valence-corrected chi connectivity index (χ2v) is 6.30. The fourth-order valence-corrected chi connectivity index (χ4v) is 2.81. The van der Waals surface area contributed by atoms with Gasteiger partial charge in [-0.25, -0.2) is 9.18 Å². The number of carbonyl (C=O) groups excluding carboxylic acids is 2. The van der Waals surface area contributed by atoms with Gasteiger partial charge in [0.15, 0.2) is 17.6 Å². The van der Waals surface area contributed by atoms with E-state index in [1.807, 2.05) is 0 Å². The van der Waals surface area contributed by atoms with E-state index in [2.05, 4.69) is 5.32 Å². The third-order valence-electron chi connectivity index (χ3n) is 4.39. The average Bonchev–Trinajstić information content (AvgIpc) is 3.03. The molecule has 0 aliphatic rings. The second-order valence-electron chi connectivity index (χ2n) is 6.30. The second kappa shape index (κ2) is 8.22. The zero-order chi connectivity index (χ0) is 21.1. The van der Waals surface area contributed by atoms with Crippen LogP contribution in [0.15, 0.2) is 40.8 Å². The maximum absolute atomic E-state index is 13.4. The minimum absolute atomic E-state index is 0.0728. The van der Waals surface area contributed by atoms with Crippen LogP contribution >= 0.6 is 0 Å². The van der Waals surface area contributed by atoms with E-state index in [4.69, 9.17) is 18.6 Å². The van der Waals surface area contributed by atoms with E-state index < -0.39 is 23.8 Å². The van der Waals surface area contributed by atoms with E-state index >= 15 is 0 Å². The molecule has 1 heterocycles. The predicted octanol–water partition coefficient (Wildman–Crippen LogP) is 4.08. The van der Waals surface area contributed by atoms with Gasteiger partial charge in [-0.1, -0.05) is 0 Å². The number of carbonyl (C=O) groups is 2. The number of hydrogen-bond acceptors (Lipinski definition) is 6. The normalized spacial score (nSPS) is 11.8. The summed E-state index contributed by atoms with van der Waals surface area (Å²) in [6.07, 6.45) is -1.10. The third-order valence-corrected chi connectivity index (χ3v) is 4.39. The van der Waals surface area contributed by atoms with Gasteiger partial charge < -0.3 is 23.9 Å². The van der Waals surface area contributed by atoms with Crippen molar-refractivity contribution in [2.45, 2.75) is 20.0 Å². The maximum atomic E-state index is 13.4. The molecule has 1 atom stereocenters. The molecule has 0 saturated heterocycles. The molecule has 0 unspecified atom stereocenters. The number of fused-ring (bicyclic) bond motifs is 1. The highest BCUT2D eigenvalue weighted by molar-refractivity contribution is 5.99. The Hall–Kier alpha value is -3.55. The smallest absolute Gasteiger partial charge is 0.375 e. The molecule has 1 amide bonds. The van der Waals surface area contributed by atoms with Crippen molar-refractivity contribution in [1.82, 2.24) is 0 Å². The SMILES string of the molecule is COc1ccc(NC(=O)[C@@H](C)OC(=O)c2oc3ccc(F)cc3c2C)cc1OC. The van der Waals surface area contributed by atoms with Gasteiger partial charge in [-0.05, 0) is 44.2 Å². The quantitative estimate of drug-likeness (QED) is 0.627. The largest absolute Gasteiger partial charge is 0.493 e. The van der Waals surface area contributed by atoms with E-state index in [-0.39, 0.29) is 5.76 Å². The first-order valence-corrected chi connectivity index (χ1v) is 8.76. The molecule has 0 bridgehead atoms. The van der Waals surface area contributed by atoms with Crippen LogP contribution in [0, 0.1) is 12.7 Å². The topological polar surface area (TPSA) is 87.0 Å². The van der Waals surface area contributed by atoms with Gasteiger partial charge in [0.25, 0.3) is 5.91 Å². The Balaban J connectivity index is 1.71. The fraction of sp³-hybridized carbons (Fsp3) is 0.238. The van der Waals surface area contributed by atoms with Crippen LogP contribution < -0.4 is 14.8 Å². The zero-order valence-corrected chi connectivity index (χ0v) is 16.4. The van der Waals surface area contributed by atoms with Gasteiger partial charge in [0.1, 0.15) is 11.4 Å². The maximum Gasteiger partial charge on any atom is 0.375 e. The molecule has 3 aromatic rings. The van der Waals surface area contributed by atoms with Crippen molar-refractivity contribution in [3.63, 3.8) is 0 Å². The lowest BCUT2D eigenvalue weighted by Crippen LogP contribution is -2.30. The van der Waals surface area contributed by atoms with Crippen molar-refractivity contribution in [2.75, 3.05) is 19.5 Å². The Labute approximate surface area is 166 Å². The molecular weight excluding hydrogens is 381 g/mol. The molecular formula is C21H20FNO6. The number of methoxy groups -OCH3 is 2. The van der Waals surface area contributed by atoms with Gasteiger partial charge in [0.2, 0.25) is 5.76 Å². The van der Waals surface area contributed by atoms with Crippen LogP contribution in [0.3, 0.4) is 0 Å². The molecule has 2 aromatic carbocycles. The number of ether oxygens (including phenoxy) is 3. The number of anilines is 1. The molecule has 3 rings (SSSR count). The lowest BCUT2D eigenvalue weighted by molar-refractivity contribution is -0.123. The number of rotatable bonds is 6. The van der Waals surface area contributed by atoms with Gasteiger partial charge >= 0.3 is 5.97 Å². The number of nitrogens with one attached hydrogen (secondary N) is 1. The summed E-state index contributed by atoms with van der Waals surface area (Å²) in [5.41, 5.74) is 1.25. The summed E-state index contributed by atoms with van der Waals surface area (Å²) in [6.45, 7) is 3.06. The zero-order valence-electron chi connectivity index (χ0n) is 16.4. The van der Waals surface area contributed by atoms with Gasteiger partial charge in [-0.15, -0.1) is 0 Å². The van der Waals surface area contributed by atoms with E-state index in [1.165, 1.54) is 39.3 Å². The number of hydrogen-bond donors (Lipinski definition) is 1. The van der Waals surface area contributed by atoms with E-state index in [0.29, 0.717) is 33.7 Å². The molecule has 1 aromatic heterocycles. The minimum atomic E-state index is -1.10. The van der Waals surface area contributed by atoms with Crippen LogP contribution in [0.4, 0.5) is 10.1 Å². The molecule has 0 saturated carbocycles. The monoisotopic (exact) mass is 401 g/mol. The van der Waals surface area contributed by atoms with E-state index in [1.54, 1.807) is 25.1 Å². The number of benzene rings is 2. The third kappa shape index (κ3) is 4.16. The summed E-state index contributed by atoms with van der Waals surface area (Å²) >= 11 is 0. The van der Waals surface area contributed by atoms with E-state index in [0.717, 1.165) is 0 Å². The van der Waals surface area contributed by atoms with Crippen molar-refractivity contribution in [1.29, 1.82) is 0 Å². The fourth-order valence-electron chi connectivity index (χ4n) is 2.81. The van der Waals surface area contributed by atoms with Crippen molar-refractivity contribution in [2.24, 2.45) is 0 Å². The molecule has 0 spiro atoms. The number of esters is 1. The standard InChI is InChI=1S/C21H20FNO6/c1-11-15-9-13(22)5-7-16(15)29-19(11)21(25)28-12(2)20(24)23-14-6-8-17(26-3)18(10-14)27-4/h5-10,12H,1-4H3,(H,23,24)/t12-/m1/s1. The van der Waals surface area contributed by atoms with Crippen molar-refractivity contribution < 1.29 is 32.6 Å². The summed E-state index contributed by atoms with van der Waals surface area (Å²) < 4.78 is 34.4. The first kappa shape index (κ1) is 20.2. The molecule has 0 aliphatic carbocycles. The molecule has 0 aliphatic heterocycles. The highest BCUT2D eigenvalue weighted by Crippen LogP contribution is 2.30. The summed E-state index contributed by atoms with van der Waals surface area (Å²) in [5.74, 6) is -0.901. The molecule has 7 nitrogen and oxygen atoms in total. The molecule has 29 heavy (non-hydrogen) atoms. The van der Waals surface area contributed by atoms with Gasteiger partial charge in [-0.3, -0.25) is 4.79 Å². The Morgan fingerprint density at radius 3 is 2.48 bits per heavy atom. The predicted molar refractivity (Wildman–Crippen MR) is 104 cm³/mol. The highest BCUT2D eigenvalue weighted by atomic mass is 19.1. The number of amides is 1. The van der Waals surface area contributed by atoms with Crippen LogP contribution in [0.5, 0.6) is 11.5 Å². The van der Waals surface area contributed by atoms with Gasteiger partial charge in [-0.2, -0.15) is 0 Å². The summed E-state index contributed by atoms with van der Waals surface area (Å²) in [7, 11) is 2.99. The first-order chi connectivity index (χ1) is 13.8. The molecule has 8 heteroatoms. The Bertz CT molecular complexity index is 1070. The number of furan rings is 1. The van der Waals surface area contributed by atoms with E-state index in [9.17, 15) is 14.0 Å². The molecule has 0 fully saturated rings. The average molecular weight is 401 g/mol. The lowest BCUT2D eigenvalue weighted by atomic mass is 10.1. The Kier molecular flexibility index (Phi) is 5.72. The van der Waals surface area contributed by atoms with Crippen LogP contribution in [0.1, 0.15) is 23.0 Å². The number of halogens is 1. The van der Waals surface area contributed by atoms with Crippen molar-refractivity contribution in [3.05, 3.63) is 53.5 Å². The van der Waals surface area contributed by atoms with Crippen LogP contribution in [-0.4, -0.2) is 32.2 Å². The van der Waals surface area contributed by atoms with Crippen molar-refractivity contribution >= 4 is 28.5 Å². The Morgan fingerprint density at radius 2 is 1.79 bits per heavy atom. The summed E-state index contributed by atoms with van der Waals surface area (Å²) in [4.78, 5) is 24.8. The molecule has 1 N–H and O–H groups in total. The van der Waals surface area contributed by atoms with Crippen molar-refractivity contribution in [3.8, 4) is 11.5 Å².